The van der Waals surface area contributed by atoms with Crippen molar-refractivity contribution in [2.24, 2.45) is 0 Å². The second kappa shape index (κ2) is 10.1. The molecule has 1 aliphatic heterocycles. The summed E-state index contributed by atoms with van der Waals surface area (Å²) in [5.74, 6) is -5.47. The fourth-order valence-corrected chi connectivity index (χ4v) is 3.05. The topological polar surface area (TPSA) is 84.1 Å². The third-order valence-electron chi connectivity index (χ3n) is 4.42. The molecule has 5 nitrogen and oxygen atoms in total. The van der Waals surface area contributed by atoms with Crippen molar-refractivity contribution < 1.29 is 50.3 Å². The number of halogens is 4. The molecule has 1 fully saturated rings. The molecule has 2 aromatic rings. The first-order valence-corrected chi connectivity index (χ1v) is 8.08. The van der Waals surface area contributed by atoms with Gasteiger partial charge in [-0.05, 0) is 23.3 Å². The van der Waals surface area contributed by atoms with Gasteiger partial charge < -0.3 is 15.7 Å². The third-order valence-corrected chi connectivity index (χ3v) is 4.42. The molecule has 1 aliphatic rings. The summed E-state index contributed by atoms with van der Waals surface area (Å²) in [6.45, 7) is 2.19. The summed E-state index contributed by atoms with van der Waals surface area (Å²) in [4.78, 5) is 3.72. The van der Waals surface area contributed by atoms with Crippen molar-refractivity contribution in [1.82, 2.24) is 9.80 Å². The first-order valence-electron chi connectivity index (χ1n) is 8.08. The summed E-state index contributed by atoms with van der Waals surface area (Å²) in [5.41, 5.74) is 0.0926. The van der Waals surface area contributed by atoms with Crippen LogP contribution in [0.2, 0.25) is 0 Å². The summed E-state index contributed by atoms with van der Waals surface area (Å²) < 4.78 is 53.2. The summed E-state index contributed by atoms with van der Waals surface area (Å²) in [6, 6.07) is 3.17. The Kier molecular flexibility index (Phi) is 8.72. The molecule has 28 heavy (non-hydrogen) atoms. The van der Waals surface area contributed by atoms with E-state index in [-0.39, 0.29) is 46.8 Å². The van der Waals surface area contributed by atoms with Gasteiger partial charge in [0.1, 0.15) is 23.3 Å². The van der Waals surface area contributed by atoms with E-state index in [4.69, 9.17) is 0 Å². The molecule has 157 valence electrons. The minimum atomic E-state index is -1.12. The monoisotopic (exact) mass is 449 g/mol. The molecule has 0 aliphatic carbocycles. The van der Waals surface area contributed by atoms with Gasteiger partial charge in [-0.25, -0.2) is 17.6 Å². The maximum atomic E-state index is 13.3. The van der Waals surface area contributed by atoms with Crippen molar-refractivity contribution in [3.63, 3.8) is 0 Å². The van der Waals surface area contributed by atoms with E-state index in [2.05, 4.69) is 0 Å². The van der Waals surface area contributed by atoms with Gasteiger partial charge >= 0.3 is 17.1 Å². The largest absolute Gasteiger partial charge is 2.00 e. The van der Waals surface area contributed by atoms with E-state index in [0.29, 0.717) is 38.3 Å². The minimum absolute atomic E-state index is 0. The van der Waals surface area contributed by atoms with E-state index in [0.717, 1.165) is 12.1 Å². The summed E-state index contributed by atoms with van der Waals surface area (Å²) in [5, 5.41) is 23.4. The fourth-order valence-electron chi connectivity index (χ4n) is 3.05. The molecule has 0 amide bonds. The molecular weight excluding hydrogens is 432 g/mol. The maximum Gasteiger partial charge on any atom is 2.00 e. The second-order valence-electron chi connectivity index (χ2n) is 6.30. The molecule has 0 bridgehead atoms. The molecule has 0 unspecified atom stereocenters. The van der Waals surface area contributed by atoms with Gasteiger partial charge in [0.05, 0.1) is 0 Å². The molecule has 1 radical (unpaired) electrons. The van der Waals surface area contributed by atoms with Crippen LogP contribution in [0.15, 0.2) is 24.3 Å². The Morgan fingerprint density at radius 3 is 1.32 bits per heavy atom. The minimum Gasteiger partial charge on any atom is -0.870 e. The molecule has 0 atom stereocenters. The number of piperazine rings is 1. The van der Waals surface area contributed by atoms with Gasteiger partial charge in [0.25, 0.3) is 0 Å². The molecule has 0 saturated carbocycles. The Labute approximate surface area is 170 Å². The Balaban J connectivity index is 0.00000196. The van der Waals surface area contributed by atoms with Crippen molar-refractivity contribution in [1.29, 1.82) is 0 Å². The Bertz CT molecular complexity index is 750. The molecule has 10 heteroatoms. The number of hydrogen-bond acceptors (Lipinski definition) is 4. The van der Waals surface area contributed by atoms with E-state index in [1.807, 2.05) is 9.80 Å². The zero-order valence-electron chi connectivity index (χ0n) is 14.6. The van der Waals surface area contributed by atoms with Crippen molar-refractivity contribution in [2.75, 3.05) is 26.2 Å². The molecule has 2 N–H and O–H groups in total. The van der Waals surface area contributed by atoms with E-state index >= 15 is 0 Å². The van der Waals surface area contributed by atoms with Gasteiger partial charge in [0, 0.05) is 51.4 Å². The number of benzene rings is 2. The average Bonchev–Trinajstić information content (AvgIpc) is 2.58. The van der Waals surface area contributed by atoms with Crippen LogP contribution < -0.4 is 10.2 Å². The van der Waals surface area contributed by atoms with Crippen LogP contribution in [0.5, 0.6) is 11.5 Å². The normalized spacial score (nSPS) is 15.0. The van der Waals surface area contributed by atoms with Gasteiger partial charge in [-0.2, -0.15) is 0 Å². The fraction of sp³-hybridized carbons (Fsp3) is 0.333. The molecule has 0 aromatic heterocycles. The first kappa shape index (κ1) is 24.2. The van der Waals surface area contributed by atoms with Gasteiger partial charge in [-0.3, -0.25) is 9.80 Å². The molecular formula is C18H18CuF4N2O3. The number of hydrogen-bond donors (Lipinski definition) is 0. The van der Waals surface area contributed by atoms with Crippen LogP contribution in [0.3, 0.4) is 0 Å². The van der Waals surface area contributed by atoms with Crippen LogP contribution in [0.4, 0.5) is 17.6 Å². The smallest absolute Gasteiger partial charge is 0.870 e. The standard InChI is InChI=1S/C18H18F4N2O2.Cu.H2O/c19-13-5-11(17(25)15(21)7-13)9-23-1-2-24(4-3-23)10-12-6-14(20)8-16(22)18(12)26;;/h5-8,25-26H,1-4,9-10H2;;1H2/q;+2;/p-2. The zero-order chi connectivity index (χ0) is 18.8. The SMILES string of the molecule is O.[Cu+2].[O-]c1c(F)cc(F)cc1CN1CCN(Cc2cc(F)cc(F)c2[O-])CC1. The summed E-state index contributed by atoms with van der Waals surface area (Å²) in [6.07, 6.45) is 0. The average molecular weight is 450 g/mol. The Morgan fingerprint density at radius 1 is 0.679 bits per heavy atom. The predicted octanol–water partition coefficient (Wildman–Crippen LogP) is 0.881. The van der Waals surface area contributed by atoms with Gasteiger partial charge in [-0.1, -0.05) is 11.5 Å². The molecule has 3 rings (SSSR count). The van der Waals surface area contributed by atoms with E-state index in [9.17, 15) is 27.8 Å². The van der Waals surface area contributed by atoms with Crippen molar-refractivity contribution in [3.05, 3.63) is 58.7 Å². The van der Waals surface area contributed by atoms with Crippen LogP contribution in [-0.4, -0.2) is 41.5 Å². The molecule has 1 saturated heterocycles. The van der Waals surface area contributed by atoms with E-state index < -0.39 is 34.8 Å². The third kappa shape index (κ3) is 5.59. The molecule has 0 spiro atoms. The Morgan fingerprint density at radius 2 is 1.00 bits per heavy atom. The number of rotatable bonds is 4. The predicted molar refractivity (Wildman–Crippen MR) is 85.8 cm³/mol. The van der Waals surface area contributed by atoms with Crippen LogP contribution in [0.25, 0.3) is 0 Å². The van der Waals surface area contributed by atoms with Gasteiger partial charge in [0.15, 0.2) is 0 Å². The van der Waals surface area contributed by atoms with Crippen molar-refractivity contribution in [3.8, 4) is 11.5 Å². The van der Waals surface area contributed by atoms with Gasteiger partial charge in [-0.15, -0.1) is 0 Å². The second-order valence-corrected chi connectivity index (χ2v) is 6.30. The van der Waals surface area contributed by atoms with Crippen molar-refractivity contribution in [2.45, 2.75) is 13.1 Å². The van der Waals surface area contributed by atoms with E-state index in [1.54, 1.807) is 0 Å². The van der Waals surface area contributed by atoms with Crippen LogP contribution in [-0.2, 0) is 30.2 Å². The molecule has 1 heterocycles. The summed E-state index contributed by atoms with van der Waals surface area (Å²) in [7, 11) is 0. The molecule has 2 aromatic carbocycles. The van der Waals surface area contributed by atoms with Crippen molar-refractivity contribution >= 4 is 0 Å². The van der Waals surface area contributed by atoms with Crippen LogP contribution in [0.1, 0.15) is 11.1 Å². The zero-order valence-corrected chi connectivity index (χ0v) is 15.5. The van der Waals surface area contributed by atoms with Crippen LogP contribution in [0, 0.1) is 23.3 Å². The Hall–Kier alpha value is -1.84. The quantitative estimate of drug-likeness (QED) is 0.512. The van der Waals surface area contributed by atoms with Gasteiger partial charge in [0.2, 0.25) is 0 Å². The van der Waals surface area contributed by atoms with Crippen LogP contribution >= 0.6 is 0 Å². The van der Waals surface area contributed by atoms with E-state index in [1.165, 1.54) is 0 Å². The maximum absolute atomic E-state index is 13.3. The first-order chi connectivity index (χ1) is 12.3. The number of nitrogens with zero attached hydrogens (tertiary/aromatic N) is 2. The summed E-state index contributed by atoms with van der Waals surface area (Å²) >= 11 is 0.